The molecule has 0 aliphatic heterocycles. The minimum atomic E-state index is 0.522. The zero-order chi connectivity index (χ0) is 17.0. The Bertz CT molecular complexity index is 631. The van der Waals surface area contributed by atoms with Gasteiger partial charge in [0, 0.05) is 45.5 Å². The number of nitrogens with zero attached hydrogens (tertiary/aromatic N) is 4. The van der Waals surface area contributed by atoms with E-state index in [4.69, 9.17) is 11.6 Å². The summed E-state index contributed by atoms with van der Waals surface area (Å²) in [6.45, 7) is 8.64. The Balaban J connectivity index is 1.94. The second-order valence-corrected chi connectivity index (χ2v) is 6.81. The molecular weight excluding hydrogens is 310 g/mol. The highest BCUT2D eigenvalue weighted by atomic mass is 35.5. The summed E-state index contributed by atoms with van der Waals surface area (Å²) in [6.07, 6.45) is 1.90. The van der Waals surface area contributed by atoms with Gasteiger partial charge in [0.25, 0.3) is 0 Å². The first-order chi connectivity index (χ1) is 10.9. The van der Waals surface area contributed by atoms with Crippen molar-refractivity contribution in [1.82, 2.24) is 20.1 Å². The van der Waals surface area contributed by atoms with Gasteiger partial charge >= 0.3 is 0 Å². The van der Waals surface area contributed by atoms with E-state index in [0.29, 0.717) is 12.5 Å². The van der Waals surface area contributed by atoms with Crippen molar-refractivity contribution in [2.45, 2.75) is 40.4 Å². The lowest BCUT2D eigenvalue weighted by Crippen LogP contribution is -2.15. The lowest BCUT2D eigenvalue weighted by molar-refractivity contribution is 0.481. The summed E-state index contributed by atoms with van der Waals surface area (Å²) in [5.41, 5.74) is 3.22. The maximum absolute atomic E-state index is 6.45. The molecule has 0 radical (unpaired) electrons. The molecular formula is C17H26ClN5. The highest BCUT2D eigenvalue weighted by Gasteiger charge is 2.13. The molecule has 0 aromatic carbocycles. The number of anilines is 1. The van der Waals surface area contributed by atoms with E-state index in [1.807, 2.05) is 42.9 Å². The molecule has 0 fully saturated rings. The third-order valence-electron chi connectivity index (χ3n) is 3.62. The number of nitrogens with one attached hydrogen (secondary N) is 1. The molecule has 2 rings (SSSR count). The Kier molecular flexibility index (Phi) is 6.02. The summed E-state index contributed by atoms with van der Waals surface area (Å²) >= 11 is 6.45. The van der Waals surface area contributed by atoms with Gasteiger partial charge in [0.15, 0.2) is 0 Å². The van der Waals surface area contributed by atoms with Gasteiger partial charge in [-0.2, -0.15) is 5.10 Å². The number of hydrogen-bond acceptors (Lipinski definition) is 4. The van der Waals surface area contributed by atoms with Crippen LogP contribution in [0.2, 0.25) is 5.15 Å². The SMILES string of the molecule is Cc1nn(CC(C)C)c(Cl)c1CNCc1ccc(N(C)C)nc1. The molecule has 0 aliphatic carbocycles. The molecule has 0 spiro atoms. The molecule has 0 atom stereocenters. The lowest BCUT2D eigenvalue weighted by atomic mass is 10.2. The van der Waals surface area contributed by atoms with E-state index in [1.54, 1.807) is 0 Å². The fourth-order valence-electron chi connectivity index (χ4n) is 2.38. The first-order valence-electron chi connectivity index (χ1n) is 7.93. The summed E-state index contributed by atoms with van der Waals surface area (Å²) in [5, 5.41) is 8.70. The Morgan fingerprint density at radius 1 is 1.26 bits per heavy atom. The van der Waals surface area contributed by atoms with E-state index in [2.05, 4.69) is 35.3 Å². The standard InChI is InChI=1S/C17H26ClN5/c1-12(2)11-23-17(18)15(13(3)21-23)10-19-8-14-6-7-16(20-9-14)22(4)5/h6-7,9,12,19H,8,10-11H2,1-5H3. The monoisotopic (exact) mass is 335 g/mol. The fraction of sp³-hybridized carbons (Fsp3) is 0.529. The van der Waals surface area contributed by atoms with E-state index in [9.17, 15) is 0 Å². The third-order valence-corrected chi connectivity index (χ3v) is 4.04. The van der Waals surface area contributed by atoms with Crippen molar-refractivity contribution in [3.63, 3.8) is 0 Å². The molecule has 0 aliphatic rings. The number of rotatable bonds is 7. The molecule has 2 aromatic heterocycles. The Labute approximate surface area is 143 Å². The van der Waals surface area contributed by atoms with E-state index in [-0.39, 0.29) is 0 Å². The Morgan fingerprint density at radius 2 is 2.00 bits per heavy atom. The van der Waals surface area contributed by atoms with Crippen molar-refractivity contribution >= 4 is 17.4 Å². The fourth-order valence-corrected chi connectivity index (χ4v) is 2.69. The summed E-state index contributed by atoms with van der Waals surface area (Å²) in [4.78, 5) is 6.41. The number of pyridine rings is 1. The molecule has 126 valence electrons. The van der Waals surface area contributed by atoms with Gasteiger partial charge < -0.3 is 10.2 Å². The van der Waals surface area contributed by atoms with E-state index in [1.165, 1.54) is 0 Å². The molecule has 6 heteroatoms. The van der Waals surface area contributed by atoms with Crippen molar-refractivity contribution < 1.29 is 0 Å². The van der Waals surface area contributed by atoms with Crippen molar-refractivity contribution in [3.8, 4) is 0 Å². The second kappa shape index (κ2) is 7.79. The molecule has 0 saturated heterocycles. The molecule has 0 amide bonds. The maximum Gasteiger partial charge on any atom is 0.131 e. The molecule has 0 bridgehead atoms. The van der Waals surface area contributed by atoms with Crippen molar-refractivity contribution in [2.75, 3.05) is 19.0 Å². The van der Waals surface area contributed by atoms with Gasteiger partial charge in [-0.05, 0) is 24.5 Å². The summed E-state index contributed by atoms with van der Waals surface area (Å²) in [7, 11) is 3.97. The van der Waals surface area contributed by atoms with Crippen molar-refractivity contribution in [3.05, 3.63) is 40.3 Å². The minimum absolute atomic E-state index is 0.522. The van der Waals surface area contributed by atoms with Crippen LogP contribution in [0.5, 0.6) is 0 Å². The van der Waals surface area contributed by atoms with Crippen LogP contribution < -0.4 is 10.2 Å². The third kappa shape index (κ3) is 4.69. The molecule has 0 unspecified atom stereocenters. The molecule has 2 heterocycles. The highest BCUT2D eigenvalue weighted by molar-refractivity contribution is 6.30. The Morgan fingerprint density at radius 3 is 2.57 bits per heavy atom. The average Bonchev–Trinajstić information content (AvgIpc) is 2.74. The van der Waals surface area contributed by atoms with Crippen LogP contribution in [-0.4, -0.2) is 28.9 Å². The van der Waals surface area contributed by atoms with Gasteiger partial charge in [-0.15, -0.1) is 0 Å². The number of halogens is 1. The molecule has 1 N–H and O–H groups in total. The van der Waals surface area contributed by atoms with Crippen molar-refractivity contribution in [1.29, 1.82) is 0 Å². The lowest BCUT2D eigenvalue weighted by Gasteiger charge is -2.11. The average molecular weight is 336 g/mol. The van der Waals surface area contributed by atoms with E-state index >= 15 is 0 Å². The summed E-state index contributed by atoms with van der Waals surface area (Å²) in [5.74, 6) is 1.48. The van der Waals surface area contributed by atoms with Crippen LogP contribution in [0.15, 0.2) is 18.3 Å². The maximum atomic E-state index is 6.45. The topological polar surface area (TPSA) is 46.0 Å². The zero-order valence-corrected chi connectivity index (χ0v) is 15.4. The van der Waals surface area contributed by atoms with Crippen LogP contribution in [0.25, 0.3) is 0 Å². The van der Waals surface area contributed by atoms with E-state index < -0.39 is 0 Å². The number of hydrogen-bond donors (Lipinski definition) is 1. The van der Waals surface area contributed by atoms with Crippen LogP contribution in [0.4, 0.5) is 5.82 Å². The normalized spacial score (nSPS) is 11.3. The van der Waals surface area contributed by atoms with Gasteiger partial charge in [0.05, 0.1) is 5.69 Å². The summed E-state index contributed by atoms with van der Waals surface area (Å²) < 4.78 is 1.89. The molecule has 2 aromatic rings. The van der Waals surface area contributed by atoms with Crippen LogP contribution in [0.1, 0.15) is 30.7 Å². The van der Waals surface area contributed by atoms with Crippen LogP contribution in [0, 0.1) is 12.8 Å². The van der Waals surface area contributed by atoms with E-state index in [0.717, 1.165) is 40.9 Å². The van der Waals surface area contributed by atoms with Crippen LogP contribution in [-0.2, 0) is 19.6 Å². The highest BCUT2D eigenvalue weighted by Crippen LogP contribution is 2.20. The Hall–Kier alpha value is -1.59. The predicted molar refractivity (Wildman–Crippen MR) is 95.9 cm³/mol. The predicted octanol–water partition coefficient (Wildman–Crippen LogP) is 3.25. The second-order valence-electron chi connectivity index (χ2n) is 6.45. The van der Waals surface area contributed by atoms with Gasteiger partial charge in [-0.25, -0.2) is 4.98 Å². The quantitative estimate of drug-likeness (QED) is 0.843. The molecule has 0 saturated carbocycles. The number of aryl methyl sites for hydroxylation is 1. The van der Waals surface area contributed by atoms with Gasteiger partial charge in [0.1, 0.15) is 11.0 Å². The van der Waals surface area contributed by atoms with Crippen molar-refractivity contribution in [2.24, 2.45) is 5.92 Å². The largest absolute Gasteiger partial charge is 0.363 e. The summed E-state index contributed by atoms with van der Waals surface area (Å²) in [6, 6.07) is 4.11. The van der Waals surface area contributed by atoms with Gasteiger partial charge in [-0.1, -0.05) is 31.5 Å². The van der Waals surface area contributed by atoms with Gasteiger partial charge in [-0.3, -0.25) is 4.68 Å². The number of aromatic nitrogens is 3. The first-order valence-corrected chi connectivity index (χ1v) is 8.31. The molecule has 5 nitrogen and oxygen atoms in total. The van der Waals surface area contributed by atoms with Gasteiger partial charge in [0.2, 0.25) is 0 Å². The van der Waals surface area contributed by atoms with Crippen LogP contribution >= 0.6 is 11.6 Å². The first kappa shape index (κ1) is 17.8. The minimum Gasteiger partial charge on any atom is -0.363 e. The molecule has 23 heavy (non-hydrogen) atoms. The smallest absolute Gasteiger partial charge is 0.131 e. The zero-order valence-electron chi connectivity index (χ0n) is 14.6. The van der Waals surface area contributed by atoms with Crippen LogP contribution in [0.3, 0.4) is 0 Å².